The van der Waals surface area contributed by atoms with E-state index in [1.807, 2.05) is 0 Å². The highest BCUT2D eigenvalue weighted by Crippen LogP contribution is 2.42. The standard InChI is InChI=1S/C12H25NO2/c1-9(8-14-4)7-13-10-6-11(15-5)12(10,2)3/h9-11,13H,6-8H2,1-5H3. The third-order valence-corrected chi connectivity index (χ3v) is 3.63. The lowest BCUT2D eigenvalue weighted by Crippen LogP contribution is -2.61. The van der Waals surface area contributed by atoms with Crippen LogP contribution in [0.5, 0.6) is 0 Å². The van der Waals surface area contributed by atoms with Crippen LogP contribution in [0.25, 0.3) is 0 Å². The first-order valence-corrected chi connectivity index (χ1v) is 5.77. The third kappa shape index (κ3) is 2.92. The van der Waals surface area contributed by atoms with Gasteiger partial charge in [0.2, 0.25) is 0 Å². The Hall–Kier alpha value is -0.120. The number of nitrogens with one attached hydrogen (secondary N) is 1. The summed E-state index contributed by atoms with van der Waals surface area (Å²) >= 11 is 0. The Balaban J connectivity index is 2.24. The molecule has 1 rings (SSSR count). The van der Waals surface area contributed by atoms with Crippen molar-refractivity contribution in [3.8, 4) is 0 Å². The molecule has 3 atom stereocenters. The van der Waals surface area contributed by atoms with Crippen LogP contribution in [0.4, 0.5) is 0 Å². The maximum absolute atomic E-state index is 5.42. The van der Waals surface area contributed by atoms with E-state index in [1.165, 1.54) is 0 Å². The molecule has 0 saturated heterocycles. The molecule has 0 aromatic rings. The largest absolute Gasteiger partial charge is 0.384 e. The molecule has 0 radical (unpaired) electrons. The minimum absolute atomic E-state index is 0.265. The minimum Gasteiger partial charge on any atom is -0.384 e. The van der Waals surface area contributed by atoms with Gasteiger partial charge in [-0.1, -0.05) is 20.8 Å². The molecule has 1 saturated carbocycles. The molecule has 0 aliphatic heterocycles. The van der Waals surface area contributed by atoms with Crippen molar-refractivity contribution in [3.05, 3.63) is 0 Å². The van der Waals surface area contributed by atoms with Gasteiger partial charge in [-0.05, 0) is 12.3 Å². The zero-order chi connectivity index (χ0) is 11.5. The highest BCUT2D eigenvalue weighted by atomic mass is 16.5. The van der Waals surface area contributed by atoms with Crippen molar-refractivity contribution in [1.29, 1.82) is 0 Å². The smallest absolute Gasteiger partial charge is 0.0652 e. The van der Waals surface area contributed by atoms with Gasteiger partial charge in [0.25, 0.3) is 0 Å². The van der Waals surface area contributed by atoms with Crippen LogP contribution in [0.2, 0.25) is 0 Å². The van der Waals surface area contributed by atoms with Crippen molar-refractivity contribution in [2.45, 2.75) is 39.3 Å². The van der Waals surface area contributed by atoms with E-state index in [0.29, 0.717) is 18.1 Å². The van der Waals surface area contributed by atoms with Gasteiger partial charge in [0.15, 0.2) is 0 Å². The molecule has 1 aliphatic rings. The highest BCUT2D eigenvalue weighted by Gasteiger charge is 2.48. The quantitative estimate of drug-likeness (QED) is 0.731. The molecule has 1 aliphatic carbocycles. The molecule has 15 heavy (non-hydrogen) atoms. The van der Waals surface area contributed by atoms with Crippen molar-refractivity contribution in [2.75, 3.05) is 27.4 Å². The minimum atomic E-state index is 0.265. The van der Waals surface area contributed by atoms with Gasteiger partial charge >= 0.3 is 0 Å². The summed E-state index contributed by atoms with van der Waals surface area (Å²) in [6, 6.07) is 0.585. The Morgan fingerprint density at radius 2 is 2.07 bits per heavy atom. The van der Waals surface area contributed by atoms with Crippen molar-refractivity contribution >= 4 is 0 Å². The van der Waals surface area contributed by atoms with Gasteiger partial charge in [-0.15, -0.1) is 0 Å². The average Bonchev–Trinajstić information content (AvgIpc) is 2.17. The third-order valence-electron chi connectivity index (χ3n) is 3.63. The van der Waals surface area contributed by atoms with E-state index in [4.69, 9.17) is 9.47 Å². The van der Waals surface area contributed by atoms with Crippen LogP contribution in [0.3, 0.4) is 0 Å². The highest BCUT2D eigenvalue weighted by molar-refractivity contribution is 5.02. The summed E-state index contributed by atoms with van der Waals surface area (Å²) in [5.41, 5.74) is 0.265. The van der Waals surface area contributed by atoms with E-state index < -0.39 is 0 Å². The van der Waals surface area contributed by atoms with Gasteiger partial charge in [-0.2, -0.15) is 0 Å². The summed E-state index contributed by atoms with van der Waals surface area (Å²) in [6.45, 7) is 8.59. The second-order valence-electron chi connectivity index (χ2n) is 5.30. The van der Waals surface area contributed by atoms with Crippen LogP contribution < -0.4 is 5.32 Å². The van der Waals surface area contributed by atoms with E-state index in [-0.39, 0.29) is 5.41 Å². The Morgan fingerprint density at radius 3 is 2.53 bits per heavy atom. The zero-order valence-electron chi connectivity index (χ0n) is 10.7. The maximum Gasteiger partial charge on any atom is 0.0652 e. The molecular weight excluding hydrogens is 190 g/mol. The SMILES string of the molecule is COCC(C)CNC1CC(OC)C1(C)C. The van der Waals surface area contributed by atoms with Gasteiger partial charge in [0, 0.05) is 38.8 Å². The lowest BCUT2D eigenvalue weighted by Gasteiger charge is -2.51. The van der Waals surface area contributed by atoms with E-state index in [0.717, 1.165) is 19.6 Å². The van der Waals surface area contributed by atoms with E-state index in [2.05, 4.69) is 26.1 Å². The summed E-state index contributed by atoms with van der Waals surface area (Å²) in [5.74, 6) is 0.576. The number of hydrogen-bond donors (Lipinski definition) is 1. The van der Waals surface area contributed by atoms with Crippen molar-refractivity contribution in [1.82, 2.24) is 5.32 Å². The lowest BCUT2D eigenvalue weighted by atomic mass is 9.64. The molecule has 3 heteroatoms. The van der Waals surface area contributed by atoms with E-state index in [9.17, 15) is 0 Å². The fraction of sp³-hybridized carbons (Fsp3) is 1.00. The Labute approximate surface area is 93.5 Å². The second kappa shape index (κ2) is 5.28. The average molecular weight is 215 g/mol. The molecule has 0 aromatic carbocycles. The Morgan fingerprint density at radius 1 is 1.40 bits per heavy atom. The fourth-order valence-corrected chi connectivity index (χ4v) is 2.32. The summed E-state index contributed by atoms with van der Waals surface area (Å²) in [5, 5.41) is 3.60. The summed E-state index contributed by atoms with van der Waals surface area (Å²) < 4.78 is 10.5. The molecule has 0 aromatic heterocycles. The predicted molar refractivity (Wildman–Crippen MR) is 62.0 cm³/mol. The van der Waals surface area contributed by atoms with Gasteiger partial charge in [-0.25, -0.2) is 0 Å². The second-order valence-corrected chi connectivity index (χ2v) is 5.30. The number of methoxy groups -OCH3 is 2. The van der Waals surface area contributed by atoms with Crippen molar-refractivity contribution < 1.29 is 9.47 Å². The van der Waals surface area contributed by atoms with Gasteiger partial charge in [0.05, 0.1) is 6.10 Å². The molecule has 0 spiro atoms. The molecule has 3 unspecified atom stereocenters. The molecule has 3 nitrogen and oxygen atoms in total. The number of hydrogen-bond acceptors (Lipinski definition) is 3. The first kappa shape index (κ1) is 12.9. The lowest BCUT2D eigenvalue weighted by molar-refractivity contribution is -0.0983. The first-order chi connectivity index (χ1) is 7.02. The van der Waals surface area contributed by atoms with Gasteiger partial charge < -0.3 is 14.8 Å². The molecule has 1 fully saturated rings. The molecular formula is C12H25NO2. The van der Waals surface area contributed by atoms with Crippen molar-refractivity contribution in [2.24, 2.45) is 11.3 Å². The van der Waals surface area contributed by atoms with Crippen LogP contribution >= 0.6 is 0 Å². The summed E-state index contributed by atoms with van der Waals surface area (Å²) in [7, 11) is 3.56. The van der Waals surface area contributed by atoms with Crippen LogP contribution in [-0.4, -0.2) is 39.5 Å². The Bertz CT molecular complexity index is 194. The maximum atomic E-state index is 5.42. The van der Waals surface area contributed by atoms with Crippen molar-refractivity contribution in [3.63, 3.8) is 0 Å². The van der Waals surface area contributed by atoms with E-state index in [1.54, 1.807) is 14.2 Å². The van der Waals surface area contributed by atoms with Crippen LogP contribution in [-0.2, 0) is 9.47 Å². The molecule has 0 bridgehead atoms. The van der Waals surface area contributed by atoms with E-state index >= 15 is 0 Å². The molecule has 1 N–H and O–H groups in total. The summed E-state index contributed by atoms with van der Waals surface area (Å²) in [4.78, 5) is 0. The predicted octanol–water partition coefficient (Wildman–Crippen LogP) is 1.67. The van der Waals surface area contributed by atoms with Crippen LogP contribution in [0.15, 0.2) is 0 Å². The van der Waals surface area contributed by atoms with Gasteiger partial charge in [0.1, 0.15) is 0 Å². The molecule has 0 amide bonds. The molecule has 90 valence electrons. The van der Waals surface area contributed by atoms with Crippen LogP contribution in [0.1, 0.15) is 27.2 Å². The zero-order valence-corrected chi connectivity index (χ0v) is 10.7. The Kier molecular flexibility index (Phi) is 4.56. The van der Waals surface area contributed by atoms with Crippen LogP contribution in [0, 0.1) is 11.3 Å². The fourth-order valence-electron chi connectivity index (χ4n) is 2.32. The number of rotatable bonds is 6. The first-order valence-electron chi connectivity index (χ1n) is 5.77. The molecule has 0 heterocycles. The number of ether oxygens (including phenoxy) is 2. The monoisotopic (exact) mass is 215 g/mol. The topological polar surface area (TPSA) is 30.5 Å². The normalized spacial score (nSPS) is 31.0. The summed E-state index contributed by atoms with van der Waals surface area (Å²) in [6.07, 6.45) is 1.54. The van der Waals surface area contributed by atoms with Gasteiger partial charge in [-0.3, -0.25) is 0 Å².